The van der Waals surface area contributed by atoms with Crippen molar-refractivity contribution in [3.05, 3.63) is 82.4 Å². The van der Waals surface area contributed by atoms with E-state index in [9.17, 15) is 9.59 Å². The van der Waals surface area contributed by atoms with Gasteiger partial charge in [-0.2, -0.15) is 0 Å². The molecule has 2 aliphatic heterocycles. The van der Waals surface area contributed by atoms with Gasteiger partial charge in [0.2, 0.25) is 5.91 Å². The number of halogens is 1. The van der Waals surface area contributed by atoms with Crippen LogP contribution >= 0.6 is 11.6 Å². The fraction of sp³-hybridized carbons (Fsp3) is 0.385. The molecule has 0 saturated carbocycles. The zero-order valence-electron chi connectivity index (χ0n) is 19.0. The first-order valence-corrected chi connectivity index (χ1v) is 12.3. The third-order valence-corrected chi connectivity index (χ3v) is 7.09. The Labute approximate surface area is 204 Å². The minimum absolute atomic E-state index is 0.0189. The number of carbonyl (C=O) groups excluding carboxylic acids is 2. The van der Waals surface area contributed by atoms with Gasteiger partial charge in [-0.05, 0) is 55.5 Å². The molecular formula is C26H28ClN5O2. The molecule has 0 aliphatic carbocycles. The Bertz CT molecular complexity index is 1150. The Morgan fingerprint density at radius 1 is 0.971 bits per heavy atom. The normalized spacial score (nSPS) is 18.0. The van der Waals surface area contributed by atoms with Crippen LogP contribution in [0.1, 0.15) is 58.8 Å². The fourth-order valence-corrected chi connectivity index (χ4v) is 5.10. The second-order valence-electron chi connectivity index (χ2n) is 9.00. The van der Waals surface area contributed by atoms with Crippen molar-refractivity contribution in [3.8, 4) is 0 Å². The largest absolute Gasteiger partial charge is 0.354 e. The SMILES string of the molecule is O=C(NCCc1ccc(Cl)cc1)C1CCc2nnc(C3CCN(C(=O)c4ccccc4)CC3)n21. The van der Waals surface area contributed by atoms with Crippen LogP contribution in [0, 0.1) is 0 Å². The third kappa shape index (κ3) is 4.71. The summed E-state index contributed by atoms with van der Waals surface area (Å²) >= 11 is 5.95. The van der Waals surface area contributed by atoms with Crippen molar-refractivity contribution in [3.63, 3.8) is 0 Å². The maximum Gasteiger partial charge on any atom is 0.253 e. The summed E-state index contributed by atoms with van der Waals surface area (Å²) in [5, 5.41) is 12.7. The number of carbonyl (C=O) groups is 2. The summed E-state index contributed by atoms with van der Waals surface area (Å²) in [7, 11) is 0. The van der Waals surface area contributed by atoms with E-state index in [-0.39, 0.29) is 23.8 Å². The van der Waals surface area contributed by atoms with E-state index in [4.69, 9.17) is 11.6 Å². The van der Waals surface area contributed by atoms with Crippen LogP contribution in [-0.4, -0.2) is 51.1 Å². The van der Waals surface area contributed by atoms with Gasteiger partial charge >= 0.3 is 0 Å². The predicted octanol–water partition coefficient (Wildman–Crippen LogP) is 3.80. The standard InChI is InChI=1S/C26H28ClN5O2/c27-21-8-6-18(7-9-21)12-15-28-25(33)22-10-11-23-29-30-24(32(22)23)19-13-16-31(17-14-19)26(34)20-4-2-1-3-5-20/h1-9,19,22H,10-17H2,(H,28,33). The lowest BCUT2D eigenvalue weighted by molar-refractivity contribution is -0.124. The molecule has 1 aromatic heterocycles. The van der Waals surface area contributed by atoms with Crippen molar-refractivity contribution in [2.75, 3.05) is 19.6 Å². The zero-order valence-corrected chi connectivity index (χ0v) is 19.7. The van der Waals surface area contributed by atoms with Gasteiger partial charge in [-0.15, -0.1) is 10.2 Å². The molecule has 1 N–H and O–H groups in total. The number of nitrogens with one attached hydrogen (secondary N) is 1. The maximum absolute atomic E-state index is 13.0. The van der Waals surface area contributed by atoms with Gasteiger partial charge in [0.05, 0.1) is 0 Å². The summed E-state index contributed by atoms with van der Waals surface area (Å²) in [6.45, 7) is 1.93. The van der Waals surface area contributed by atoms with E-state index < -0.39 is 0 Å². The Hall–Kier alpha value is -3.19. The van der Waals surface area contributed by atoms with Gasteiger partial charge in [-0.25, -0.2) is 0 Å². The number of hydrogen-bond donors (Lipinski definition) is 1. The van der Waals surface area contributed by atoms with E-state index in [1.807, 2.05) is 59.5 Å². The highest BCUT2D eigenvalue weighted by Gasteiger charge is 2.36. The van der Waals surface area contributed by atoms with Crippen molar-refractivity contribution >= 4 is 23.4 Å². The van der Waals surface area contributed by atoms with Crippen LogP contribution in [0.3, 0.4) is 0 Å². The predicted molar refractivity (Wildman–Crippen MR) is 130 cm³/mol. The molecule has 34 heavy (non-hydrogen) atoms. The van der Waals surface area contributed by atoms with Crippen molar-refractivity contribution < 1.29 is 9.59 Å². The van der Waals surface area contributed by atoms with Gasteiger partial charge in [0.15, 0.2) is 0 Å². The molecular weight excluding hydrogens is 450 g/mol. The summed E-state index contributed by atoms with van der Waals surface area (Å²) in [4.78, 5) is 27.7. The number of amides is 2. The Morgan fingerprint density at radius 3 is 2.44 bits per heavy atom. The van der Waals surface area contributed by atoms with Crippen molar-refractivity contribution in [1.29, 1.82) is 0 Å². The van der Waals surface area contributed by atoms with E-state index in [2.05, 4.69) is 20.1 Å². The van der Waals surface area contributed by atoms with Gasteiger partial charge in [-0.3, -0.25) is 9.59 Å². The van der Waals surface area contributed by atoms with Crippen LogP contribution in [0.4, 0.5) is 0 Å². The summed E-state index contributed by atoms with van der Waals surface area (Å²) in [5.41, 5.74) is 1.86. The third-order valence-electron chi connectivity index (χ3n) is 6.84. The molecule has 2 amide bonds. The average molecular weight is 478 g/mol. The van der Waals surface area contributed by atoms with E-state index in [0.29, 0.717) is 24.7 Å². The number of aryl methyl sites for hydroxylation is 1. The van der Waals surface area contributed by atoms with Crippen LogP contribution in [0.25, 0.3) is 0 Å². The first-order chi connectivity index (χ1) is 16.6. The summed E-state index contributed by atoms with van der Waals surface area (Å²) < 4.78 is 2.05. The van der Waals surface area contributed by atoms with Gasteiger partial charge in [0, 0.05) is 42.6 Å². The maximum atomic E-state index is 13.0. The van der Waals surface area contributed by atoms with E-state index in [1.54, 1.807) is 0 Å². The van der Waals surface area contributed by atoms with Gasteiger partial charge < -0.3 is 14.8 Å². The number of hydrogen-bond acceptors (Lipinski definition) is 4. The molecule has 1 atom stereocenters. The van der Waals surface area contributed by atoms with Crippen LogP contribution in [0.5, 0.6) is 0 Å². The first kappa shape index (κ1) is 22.6. The fourth-order valence-electron chi connectivity index (χ4n) is 4.97. The molecule has 0 radical (unpaired) electrons. The van der Waals surface area contributed by atoms with Crippen LogP contribution in [-0.2, 0) is 17.6 Å². The molecule has 1 fully saturated rings. The highest BCUT2D eigenvalue weighted by molar-refractivity contribution is 6.30. The summed E-state index contributed by atoms with van der Waals surface area (Å²) in [6.07, 6.45) is 3.90. The monoisotopic (exact) mass is 477 g/mol. The van der Waals surface area contributed by atoms with Gasteiger partial charge in [-0.1, -0.05) is 41.9 Å². The highest BCUT2D eigenvalue weighted by Crippen LogP contribution is 2.34. The number of rotatable bonds is 6. The van der Waals surface area contributed by atoms with E-state index >= 15 is 0 Å². The smallest absolute Gasteiger partial charge is 0.253 e. The lowest BCUT2D eigenvalue weighted by Crippen LogP contribution is -2.39. The molecule has 3 heterocycles. The molecule has 0 spiro atoms. The minimum Gasteiger partial charge on any atom is -0.354 e. The van der Waals surface area contributed by atoms with Crippen molar-refractivity contribution in [1.82, 2.24) is 25.0 Å². The number of benzene rings is 2. The van der Waals surface area contributed by atoms with Crippen molar-refractivity contribution in [2.24, 2.45) is 0 Å². The van der Waals surface area contributed by atoms with Crippen LogP contribution in [0.2, 0.25) is 5.02 Å². The number of fused-ring (bicyclic) bond motifs is 1. The lowest BCUT2D eigenvalue weighted by atomic mass is 9.95. The Balaban J connectivity index is 1.19. The number of aromatic nitrogens is 3. The number of nitrogens with zero attached hydrogens (tertiary/aromatic N) is 4. The molecule has 0 bridgehead atoms. The highest BCUT2D eigenvalue weighted by atomic mass is 35.5. The minimum atomic E-state index is -0.269. The molecule has 176 valence electrons. The zero-order chi connectivity index (χ0) is 23.5. The summed E-state index contributed by atoms with van der Waals surface area (Å²) in [6, 6.07) is 16.8. The van der Waals surface area contributed by atoms with Gasteiger partial charge in [0.25, 0.3) is 5.91 Å². The van der Waals surface area contributed by atoms with Crippen LogP contribution in [0.15, 0.2) is 54.6 Å². The number of likely N-dealkylation sites (tertiary alicyclic amines) is 1. The molecule has 1 saturated heterocycles. The summed E-state index contributed by atoms with van der Waals surface area (Å²) in [5.74, 6) is 2.06. The Kier molecular flexibility index (Phi) is 6.63. The second-order valence-corrected chi connectivity index (χ2v) is 9.44. The quantitative estimate of drug-likeness (QED) is 0.585. The van der Waals surface area contributed by atoms with E-state index in [0.717, 1.165) is 54.9 Å². The van der Waals surface area contributed by atoms with Crippen molar-refractivity contribution in [2.45, 2.75) is 44.1 Å². The van der Waals surface area contributed by atoms with E-state index in [1.165, 1.54) is 0 Å². The van der Waals surface area contributed by atoms with Crippen LogP contribution < -0.4 is 5.32 Å². The lowest BCUT2D eigenvalue weighted by Gasteiger charge is -2.32. The van der Waals surface area contributed by atoms with Gasteiger partial charge in [0.1, 0.15) is 17.7 Å². The molecule has 8 heteroatoms. The molecule has 2 aliphatic rings. The molecule has 3 aromatic rings. The Morgan fingerprint density at radius 2 is 1.71 bits per heavy atom. The first-order valence-electron chi connectivity index (χ1n) is 11.9. The molecule has 2 aromatic carbocycles. The average Bonchev–Trinajstić information content (AvgIpc) is 3.48. The topological polar surface area (TPSA) is 80.1 Å². The molecule has 1 unspecified atom stereocenters. The second kappa shape index (κ2) is 9.97. The molecule has 5 rings (SSSR count). The molecule has 7 nitrogen and oxygen atoms in total. The number of piperidine rings is 1.